The zero-order chi connectivity index (χ0) is 15.4. The van der Waals surface area contributed by atoms with Crippen molar-refractivity contribution in [1.29, 1.82) is 0 Å². The largest absolute Gasteiger partial charge is 0.419 e. The summed E-state index contributed by atoms with van der Waals surface area (Å²) in [6.07, 6.45) is -1.16. The number of hydrogen-bond donors (Lipinski definition) is 1. The Labute approximate surface area is 123 Å². The molecule has 7 heteroatoms. The lowest BCUT2D eigenvalue weighted by atomic mass is 10.2. The van der Waals surface area contributed by atoms with E-state index in [1.807, 2.05) is 0 Å². The summed E-state index contributed by atoms with van der Waals surface area (Å²) in [4.78, 5) is 23.1. The van der Waals surface area contributed by atoms with Crippen molar-refractivity contribution in [3.8, 4) is 5.75 Å². The average Bonchev–Trinajstić information content (AvgIpc) is 2.41. The molecular formula is C14H8ClF2NO3. The first-order valence-corrected chi connectivity index (χ1v) is 6.08. The molecule has 2 amide bonds. The Morgan fingerprint density at radius 1 is 1.00 bits per heavy atom. The average molecular weight is 312 g/mol. The number of carbonyl (C=O) groups excluding carboxylic acids is 2. The first-order valence-electron chi connectivity index (χ1n) is 5.70. The van der Waals surface area contributed by atoms with E-state index in [2.05, 4.69) is 0 Å². The molecule has 0 fully saturated rings. The van der Waals surface area contributed by atoms with Crippen molar-refractivity contribution in [2.24, 2.45) is 0 Å². The lowest BCUT2D eigenvalue weighted by molar-refractivity contribution is 0.0942. The standard InChI is InChI=1S/C14H8ClF2NO3/c15-8-4-6-9(7-5-8)21-14(20)18-13(19)12-10(16)2-1-3-11(12)17/h1-7H,(H,18,19,20). The quantitative estimate of drug-likeness (QED) is 0.923. The minimum atomic E-state index is -1.23. The Hall–Kier alpha value is -2.47. The number of hydrogen-bond acceptors (Lipinski definition) is 3. The molecule has 0 aliphatic rings. The first-order chi connectivity index (χ1) is 9.97. The van der Waals surface area contributed by atoms with Gasteiger partial charge >= 0.3 is 6.09 Å². The molecular weight excluding hydrogens is 304 g/mol. The van der Waals surface area contributed by atoms with E-state index in [0.29, 0.717) is 5.02 Å². The third-order valence-electron chi connectivity index (χ3n) is 2.43. The van der Waals surface area contributed by atoms with Crippen molar-refractivity contribution in [3.05, 3.63) is 64.7 Å². The maximum absolute atomic E-state index is 13.4. The molecule has 1 N–H and O–H groups in total. The highest BCUT2D eigenvalue weighted by Gasteiger charge is 2.19. The second-order valence-electron chi connectivity index (χ2n) is 3.89. The molecule has 0 spiro atoms. The van der Waals surface area contributed by atoms with Crippen LogP contribution in [0.15, 0.2) is 42.5 Å². The number of benzene rings is 2. The number of imide groups is 1. The molecule has 0 atom stereocenters. The minimum absolute atomic E-state index is 0.124. The molecule has 0 saturated carbocycles. The van der Waals surface area contributed by atoms with Gasteiger partial charge < -0.3 is 4.74 Å². The summed E-state index contributed by atoms with van der Waals surface area (Å²) in [7, 11) is 0. The highest BCUT2D eigenvalue weighted by atomic mass is 35.5. The summed E-state index contributed by atoms with van der Waals surface area (Å²) in [5.41, 5.74) is -0.856. The van der Waals surface area contributed by atoms with Crippen LogP contribution in [0.25, 0.3) is 0 Å². The maximum Gasteiger partial charge on any atom is 0.419 e. The van der Waals surface area contributed by atoms with Gasteiger partial charge in [0.15, 0.2) is 0 Å². The van der Waals surface area contributed by atoms with E-state index in [1.165, 1.54) is 24.3 Å². The van der Waals surface area contributed by atoms with E-state index in [-0.39, 0.29) is 5.75 Å². The molecule has 2 rings (SSSR count). The van der Waals surface area contributed by atoms with Crippen LogP contribution < -0.4 is 10.1 Å². The molecule has 4 nitrogen and oxygen atoms in total. The smallest absolute Gasteiger partial charge is 0.410 e. The monoisotopic (exact) mass is 311 g/mol. The SMILES string of the molecule is O=C(NC(=O)c1c(F)cccc1F)Oc1ccc(Cl)cc1. The Kier molecular flexibility index (Phi) is 4.49. The maximum atomic E-state index is 13.4. The normalized spacial score (nSPS) is 10.0. The van der Waals surface area contributed by atoms with Crippen molar-refractivity contribution in [2.45, 2.75) is 0 Å². The van der Waals surface area contributed by atoms with E-state index < -0.39 is 29.2 Å². The van der Waals surface area contributed by atoms with Gasteiger partial charge in [-0.3, -0.25) is 10.1 Å². The molecule has 0 radical (unpaired) electrons. The number of ether oxygens (including phenoxy) is 1. The van der Waals surface area contributed by atoms with Gasteiger partial charge in [-0.25, -0.2) is 13.6 Å². The molecule has 21 heavy (non-hydrogen) atoms. The second-order valence-corrected chi connectivity index (χ2v) is 4.33. The summed E-state index contributed by atoms with van der Waals surface area (Å²) in [5.74, 6) is -3.26. The Morgan fingerprint density at radius 2 is 1.57 bits per heavy atom. The Balaban J connectivity index is 2.06. The van der Waals surface area contributed by atoms with Crippen LogP contribution in [0.1, 0.15) is 10.4 Å². The van der Waals surface area contributed by atoms with E-state index in [9.17, 15) is 18.4 Å². The van der Waals surface area contributed by atoms with Gasteiger partial charge in [-0.05, 0) is 36.4 Å². The van der Waals surface area contributed by atoms with E-state index in [1.54, 1.807) is 5.32 Å². The zero-order valence-corrected chi connectivity index (χ0v) is 11.2. The summed E-state index contributed by atoms with van der Waals surface area (Å²) >= 11 is 5.65. The summed E-state index contributed by atoms with van der Waals surface area (Å²) in [6, 6.07) is 8.66. The van der Waals surface area contributed by atoms with Gasteiger partial charge in [-0.15, -0.1) is 0 Å². The molecule has 0 bridgehead atoms. The second kappa shape index (κ2) is 6.32. The lowest BCUT2D eigenvalue weighted by Crippen LogP contribution is -2.34. The van der Waals surface area contributed by atoms with Gasteiger partial charge in [0.25, 0.3) is 5.91 Å². The number of halogens is 3. The topological polar surface area (TPSA) is 55.4 Å². The molecule has 0 unspecified atom stereocenters. The van der Waals surface area contributed by atoms with Crippen molar-refractivity contribution in [3.63, 3.8) is 0 Å². The van der Waals surface area contributed by atoms with Crippen LogP contribution in [-0.4, -0.2) is 12.0 Å². The predicted octanol–water partition coefficient (Wildman–Crippen LogP) is 3.55. The van der Waals surface area contributed by atoms with Gasteiger partial charge in [0.2, 0.25) is 0 Å². The van der Waals surface area contributed by atoms with Crippen LogP contribution in [0.3, 0.4) is 0 Å². The van der Waals surface area contributed by atoms with Gasteiger partial charge in [0.1, 0.15) is 22.9 Å². The van der Waals surface area contributed by atoms with Gasteiger partial charge in [0.05, 0.1) is 0 Å². The van der Waals surface area contributed by atoms with Gasteiger partial charge in [-0.1, -0.05) is 17.7 Å². The van der Waals surface area contributed by atoms with Crippen molar-refractivity contribution >= 4 is 23.6 Å². The van der Waals surface area contributed by atoms with E-state index >= 15 is 0 Å². The fourth-order valence-corrected chi connectivity index (χ4v) is 1.63. The number of nitrogens with one attached hydrogen (secondary N) is 1. The van der Waals surface area contributed by atoms with Crippen LogP contribution in [0.2, 0.25) is 5.02 Å². The number of rotatable bonds is 2. The molecule has 0 aromatic heterocycles. The van der Waals surface area contributed by atoms with Crippen molar-refractivity contribution < 1.29 is 23.1 Å². The van der Waals surface area contributed by atoms with Crippen LogP contribution in [0.5, 0.6) is 5.75 Å². The highest BCUT2D eigenvalue weighted by Crippen LogP contribution is 2.16. The van der Waals surface area contributed by atoms with Crippen LogP contribution >= 0.6 is 11.6 Å². The van der Waals surface area contributed by atoms with E-state index in [0.717, 1.165) is 18.2 Å². The highest BCUT2D eigenvalue weighted by molar-refractivity contribution is 6.30. The molecule has 0 heterocycles. The molecule has 2 aromatic carbocycles. The molecule has 2 aromatic rings. The van der Waals surface area contributed by atoms with Crippen LogP contribution in [0, 0.1) is 11.6 Å². The third-order valence-corrected chi connectivity index (χ3v) is 2.68. The van der Waals surface area contributed by atoms with Crippen LogP contribution in [-0.2, 0) is 0 Å². The molecule has 0 saturated heterocycles. The summed E-state index contributed by atoms with van der Waals surface area (Å²) < 4.78 is 31.5. The zero-order valence-electron chi connectivity index (χ0n) is 10.4. The fourth-order valence-electron chi connectivity index (χ4n) is 1.51. The lowest BCUT2D eigenvalue weighted by Gasteiger charge is -2.07. The van der Waals surface area contributed by atoms with Crippen LogP contribution in [0.4, 0.5) is 13.6 Å². The third kappa shape index (κ3) is 3.76. The number of amides is 2. The summed E-state index contributed by atoms with van der Waals surface area (Å²) in [5, 5.41) is 2.17. The van der Waals surface area contributed by atoms with Crippen molar-refractivity contribution in [2.75, 3.05) is 0 Å². The molecule has 0 aliphatic heterocycles. The fraction of sp³-hybridized carbons (Fsp3) is 0. The van der Waals surface area contributed by atoms with E-state index in [4.69, 9.17) is 16.3 Å². The predicted molar refractivity (Wildman–Crippen MR) is 71.3 cm³/mol. The Morgan fingerprint density at radius 3 is 2.14 bits per heavy atom. The summed E-state index contributed by atoms with van der Waals surface area (Å²) in [6.45, 7) is 0. The number of carbonyl (C=O) groups is 2. The van der Waals surface area contributed by atoms with Gasteiger partial charge in [0, 0.05) is 5.02 Å². The first kappa shape index (κ1) is 14.9. The van der Waals surface area contributed by atoms with Gasteiger partial charge in [-0.2, -0.15) is 0 Å². The van der Waals surface area contributed by atoms with Crippen molar-refractivity contribution in [1.82, 2.24) is 5.32 Å². The molecule has 0 aliphatic carbocycles. The minimum Gasteiger partial charge on any atom is -0.410 e. The Bertz CT molecular complexity index is 669. The molecule has 108 valence electrons.